The molecule has 4 aromatic rings. The van der Waals surface area contributed by atoms with Crippen LogP contribution in [0.2, 0.25) is 0 Å². The van der Waals surface area contributed by atoms with Crippen molar-refractivity contribution in [2.45, 2.75) is 51.7 Å². The number of carboxylic acid groups (broad SMARTS) is 1. The Bertz CT molecular complexity index is 1460. The molecule has 0 bridgehead atoms. The van der Waals surface area contributed by atoms with Gasteiger partial charge in [-0.2, -0.15) is 5.10 Å². The van der Waals surface area contributed by atoms with Gasteiger partial charge in [-0.1, -0.05) is 6.92 Å². The van der Waals surface area contributed by atoms with Crippen LogP contribution in [0.3, 0.4) is 0 Å². The second-order valence-electron chi connectivity index (χ2n) is 9.97. The number of rotatable bonds is 9. The highest BCUT2D eigenvalue weighted by Gasteiger charge is 2.28. The highest BCUT2D eigenvalue weighted by atomic mass is 16.5. The molecule has 1 aromatic carbocycles. The standard InChI is InChI=1S/C28H33N7O3/c1-2-33-11-12-34-26(17-30-27(34)18-33)25(15-28(36)37)35-24-8-6-21(14-19(24)16-31-35)38-13-9-20-5-7-22-23(32-20)4-3-10-29-22/h5-8,14,16-17,25,29H,2-4,9-13,15,18H2,1H3,(H,36,37). The lowest BCUT2D eigenvalue weighted by Crippen LogP contribution is -2.35. The Kier molecular flexibility index (Phi) is 6.71. The molecule has 0 fully saturated rings. The molecule has 3 aromatic heterocycles. The molecular formula is C28H33N7O3. The molecule has 1 unspecified atom stereocenters. The third-order valence-electron chi connectivity index (χ3n) is 7.56. The number of pyridine rings is 1. The van der Waals surface area contributed by atoms with E-state index in [0.29, 0.717) is 6.61 Å². The lowest BCUT2D eigenvalue weighted by atomic mass is 10.1. The summed E-state index contributed by atoms with van der Waals surface area (Å²) in [5.41, 5.74) is 5.07. The number of benzene rings is 1. The lowest BCUT2D eigenvalue weighted by Gasteiger charge is -2.28. The van der Waals surface area contributed by atoms with Crippen molar-refractivity contribution in [2.75, 3.05) is 31.6 Å². The first-order chi connectivity index (χ1) is 18.6. The molecule has 10 heteroatoms. The summed E-state index contributed by atoms with van der Waals surface area (Å²) in [5, 5.41) is 18.7. The average molecular weight is 516 g/mol. The largest absolute Gasteiger partial charge is 0.493 e. The summed E-state index contributed by atoms with van der Waals surface area (Å²) in [5.74, 6) is 0.861. The molecule has 2 aliphatic rings. The van der Waals surface area contributed by atoms with Gasteiger partial charge >= 0.3 is 5.97 Å². The molecule has 0 spiro atoms. The number of anilines is 1. The fourth-order valence-electron chi connectivity index (χ4n) is 5.51. The summed E-state index contributed by atoms with van der Waals surface area (Å²) < 4.78 is 10.0. The number of carboxylic acids is 1. The van der Waals surface area contributed by atoms with Crippen LogP contribution in [-0.2, 0) is 30.7 Å². The first-order valence-electron chi connectivity index (χ1n) is 13.4. The van der Waals surface area contributed by atoms with Gasteiger partial charge in [-0.3, -0.25) is 19.4 Å². The molecule has 0 aliphatic carbocycles. The van der Waals surface area contributed by atoms with Crippen LogP contribution in [0.25, 0.3) is 10.9 Å². The van der Waals surface area contributed by atoms with E-state index in [4.69, 9.17) is 9.72 Å². The zero-order valence-corrected chi connectivity index (χ0v) is 21.6. The average Bonchev–Trinajstić information content (AvgIpc) is 3.55. The number of aryl methyl sites for hydroxylation is 1. The Labute approximate surface area is 221 Å². The van der Waals surface area contributed by atoms with Gasteiger partial charge in [0.05, 0.1) is 54.6 Å². The van der Waals surface area contributed by atoms with Crippen LogP contribution >= 0.6 is 0 Å². The molecule has 198 valence electrons. The van der Waals surface area contributed by atoms with Crippen molar-refractivity contribution in [1.29, 1.82) is 0 Å². The molecule has 6 rings (SSSR count). The number of imidazole rings is 1. The molecule has 0 saturated heterocycles. The number of nitrogens with zero attached hydrogens (tertiary/aromatic N) is 6. The summed E-state index contributed by atoms with van der Waals surface area (Å²) in [6.45, 7) is 7.13. The van der Waals surface area contributed by atoms with Crippen LogP contribution < -0.4 is 10.1 Å². The summed E-state index contributed by atoms with van der Waals surface area (Å²) in [6, 6.07) is 9.57. The number of ether oxygens (including phenoxy) is 1. The molecule has 2 N–H and O–H groups in total. The predicted octanol–water partition coefficient (Wildman–Crippen LogP) is 3.51. The number of fused-ring (bicyclic) bond motifs is 3. The Morgan fingerprint density at radius 2 is 2.13 bits per heavy atom. The molecule has 0 radical (unpaired) electrons. The Balaban J connectivity index is 1.19. The minimum atomic E-state index is -0.869. The second-order valence-corrected chi connectivity index (χ2v) is 9.97. The van der Waals surface area contributed by atoms with Gasteiger partial charge in [-0.25, -0.2) is 4.98 Å². The molecular weight excluding hydrogens is 482 g/mol. The fraction of sp³-hybridized carbons (Fsp3) is 0.429. The third kappa shape index (κ3) is 4.83. The Morgan fingerprint density at radius 1 is 1.21 bits per heavy atom. The van der Waals surface area contributed by atoms with E-state index in [-0.39, 0.29) is 6.42 Å². The topological polar surface area (TPSA) is 110 Å². The minimum absolute atomic E-state index is 0.0685. The maximum atomic E-state index is 11.9. The van der Waals surface area contributed by atoms with Gasteiger partial charge in [0.2, 0.25) is 0 Å². The van der Waals surface area contributed by atoms with Crippen molar-refractivity contribution in [3.05, 3.63) is 65.6 Å². The smallest absolute Gasteiger partial charge is 0.305 e. The first-order valence-corrected chi connectivity index (χ1v) is 13.4. The van der Waals surface area contributed by atoms with Crippen molar-refractivity contribution in [1.82, 2.24) is 29.2 Å². The molecule has 38 heavy (non-hydrogen) atoms. The van der Waals surface area contributed by atoms with Crippen LogP contribution in [0.4, 0.5) is 5.69 Å². The van der Waals surface area contributed by atoms with Gasteiger partial charge < -0.3 is 19.7 Å². The van der Waals surface area contributed by atoms with Crippen molar-refractivity contribution in [3.8, 4) is 5.75 Å². The van der Waals surface area contributed by atoms with E-state index in [1.807, 2.05) is 29.1 Å². The fourth-order valence-corrected chi connectivity index (χ4v) is 5.51. The van der Waals surface area contributed by atoms with Crippen molar-refractivity contribution >= 4 is 22.6 Å². The number of hydrogen-bond acceptors (Lipinski definition) is 7. The predicted molar refractivity (Wildman–Crippen MR) is 144 cm³/mol. The summed E-state index contributed by atoms with van der Waals surface area (Å²) >= 11 is 0. The van der Waals surface area contributed by atoms with E-state index in [1.54, 1.807) is 6.20 Å². The maximum absolute atomic E-state index is 11.9. The van der Waals surface area contributed by atoms with Gasteiger partial charge in [0, 0.05) is 37.1 Å². The van der Waals surface area contributed by atoms with E-state index in [1.165, 1.54) is 0 Å². The van der Waals surface area contributed by atoms with Gasteiger partial charge in [0.1, 0.15) is 17.6 Å². The summed E-state index contributed by atoms with van der Waals surface area (Å²) in [4.78, 5) is 23.6. The lowest BCUT2D eigenvalue weighted by molar-refractivity contribution is -0.137. The maximum Gasteiger partial charge on any atom is 0.305 e. The molecule has 0 amide bonds. The van der Waals surface area contributed by atoms with E-state index in [2.05, 4.69) is 43.9 Å². The van der Waals surface area contributed by atoms with Crippen LogP contribution in [0.5, 0.6) is 5.75 Å². The number of hydrogen-bond donors (Lipinski definition) is 2. The van der Waals surface area contributed by atoms with Crippen molar-refractivity contribution < 1.29 is 14.6 Å². The molecule has 1 atom stereocenters. The normalized spacial score (nSPS) is 16.0. The van der Waals surface area contributed by atoms with Crippen molar-refractivity contribution in [3.63, 3.8) is 0 Å². The zero-order chi connectivity index (χ0) is 26.1. The summed E-state index contributed by atoms with van der Waals surface area (Å²) in [6.07, 6.45) is 6.38. The van der Waals surface area contributed by atoms with Crippen LogP contribution in [0.15, 0.2) is 42.7 Å². The summed E-state index contributed by atoms with van der Waals surface area (Å²) in [7, 11) is 0. The quantitative estimate of drug-likeness (QED) is 0.349. The molecule has 10 nitrogen and oxygen atoms in total. The highest BCUT2D eigenvalue weighted by molar-refractivity contribution is 5.81. The molecule has 2 aliphatic heterocycles. The van der Waals surface area contributed by atoms with E-state index >= 15 is 0 Å². The number of aromatic nitrogens is 5. The van der Waals surface area contributed by atoms with Crippen LogP contribution in [-0.4, -0.2) is 66.5 Å². The number of nitrogens with one attached hydrogen (secondary N) is 1. The molecule has 0 saturated carbocycles. The van der Waals surface area contributed by atoms with Crippen LogP contribution in [0, 0.1) is 0 Å². The highest BCUT2D eigenvalue weighted by Crippen LogP contribution is 2.30. The Morgan fingerprint density at radius 3 is 3.00 bits per heavy atom. The monoisotopic (exact) mass is 515 g/mol. The number of likely N-dealkylation sites (N-methyl/N-ethyl adjacent to an activating group) is 1. The number of carbonyl (C=O) groups is 1. The van der Waals surface area contributed by atoms with Gasteiger partial charge in [-0.15, -0.1) is 0 Å². The number of aliphatic carboxylic acids is 1. The zero-order valence-electron chi connectivity index (χ0n) is 21.6. The van der Waals surface area contributed by atoms with Gasteiger partial charge in [0.15, 0.2) is 0 Å². The van der Waals surface area contributed by atoms with E-state index in [9.17, 15) is 9.90 Å². The SMILES string of the molecule is CCN1CCn2c(C(CC(=O)O)n3ncc4cc(OCCc5ccc6c(n5)CCCN6)ccc43)cnc2C1. The Hall–Kier alpha value is -3.92. The van der Waals surface area contributed by atoms with Gasteiger partial charge in [0.25, 0.3) is 0 Å². The molecule has 5 heterocycles. The van der Waals surface area contributed by atoms with E-state index < -0.39 is 12.0 Å². The van der Waals surface area contributed by atoms with Crippen molar-refractivity contribution in [2.24, 2.45) is 0 Å². The first kappa shape index (κ1) is 24.4. The van der Waals surface area contributed by atoms with E-state index in [0.717, 1.165) is 97.2 Å². The second kappa shape index (κ2) is 10.4. The minimum Gasteiger partial charge on any atom is -0.493 e. The van der Waals surface area contributed by atoms with Crippen LogP contribution in [0.1, 0.15) is 48.7 Å². The third-order valence-corrected chi connectivity index (χ3v) is 7.56. The van der Waals surface area contributed by atoms with Gasteiger partial charge in [-0.05, 0) is 49.7 Å².